The maximum Gasteiger partial charge on any atom is 0.222 e. The Bertz CT molecular complexity index is 376. The lowest BCUT2D eigenvalue weighted by Crippen LogP contribution is -2.19. The summed E-state index contributed by atoms with van der Waals surface area (Å²) in [7, 11) is 0. The van der Waals surface area contributed by atoms with E-state index in [1.165, 1.54) is 0 Å². The molecule has 1 aromatic rings. The molecule has 2 unspecified atom stereocenters. The number of carbonyl (C=O) groups excluding carboxylic acids is 1. The van der Waals surface area contributed by atoms with E-state index in [0.717, 1.165) is 17.7 Å². The normalized spacial score (nSPS) is 23.3. The van der Waals surface area contributed by atoms with Crippen LogP contribution in [0.4, 0.5) is 0 Å². The second-order valence-electron chi connectivity index (χ2n) is 3.77. The Kier molecular flexibility index (Phi) is 2.96. The maximum absolute atomic E-state index is 11.0. The van der Waals surface area contributed by atoms with Crippen LogP contribution in [-0.2, 0) is 4.79 Å². The van der Waals surface area contributed by atoms with Crippen molar-refractivity contribution < 1.29 is 9.53 Å². The summed E-state index contributed by atoms with van der Waals surface area (Å²) < 4.78 is 5.76. The Morgan fingerprint density at radius 2 is 2.20 bits per heavy atom. The van der Waals surface area contributed by atoms with Gasteiger partial charge in [0.2, 0.25) is 5.24 Å². The number of benzene rings is 1. The number of rotatable bonds is 3. The van der Waals surface area contributed by atoms with E-state index in [4.69, 9.17) is 16.3 Å². The number of halogens is 1. The molecule has 0 aromatic heterocycles. The monoisotopic (exact) mass is 224 g/mol. The highest BCUT2D eigenvalue weighted by molar-refractivity contribution is 6.63. The van der Waals surface area contributed by atoms with Crippen LogP contribution in [0.2, 0.25) is 0 Å². The zero-order chi connectivity index (χ0) is 10.8. The fourth-order valence-electron chi connectivity index (χ4n) is 2.12. The molecule has 1 aliphatic heterocycles. The number of para-hydroxylation sites is 1. The highest BCUT2D eigenvalue weighted by Crippen LogP contribution is 2.41. The van der Waals surface area contributed by atoms with Gasteiger partial charge in [0.1, 0.15) is 11.9 Å². The molecular weight excluding hydrogens is 212 g/mol. The molecule has 0 bridgehead atoms. The molecule has 2 atom stereocenters. The Labute approximate surface area is 94.2 Å². The zero-order valence-corrected chi connectivity index (χ0v) is 9.33. The van der Waals surface area contributed by atoms with Gasteiger partial charge in [0.25, 0.3) is 0 Å². The summed E-state index contributed by atoms with van der Waals surface area (Å²) in [5.41, 5.74) is 1.11. The van der Waals surface area contributed by atoms with Crippen molar-refractivity contribution >= 4 is 16.8 Å². The fraction of sp³-hybridized carbons (Fsp3) is 0.417. The first-order valence-corrected chi connectivity index (χ1v) is 5.54. The highest BCUT2D eigenvalue weighted by atomic mass is 35.5. The van der Waals surface area contributed by atoms with Crippen molar-refractivity contribution in [2.24, 2.45) is 0 Å². The average Bonchev–Trinajstić information content (AvgIpc) is 2.56. The second kappa shape index (κ2) is 4.23. The van der Waals surface area contributed by atoms with E-state index >= 15 is 0 Å². The Hall–Kier alpha value is -1.02. The van der Waals surface area contributed by atoms with E-state index in [1.54, 1.807) is 0 Å². The lowest BCUT2D eigenvalue weighted by atomic mass is 9.91. The zero-order valence-electron chi connectivity index (χ0n) is 8.57. The van der Waals surface area contributed by atoms with Crippen molar-refractivity contribution in [3.8, 4) is 5.75 Å². The van der Waals surface area contributed by atoms with E-state index in [-0.39, 0.29) is 17.3 Å². The minimum atomic E-state index is -0.293. The molecular formula is C12H13ClO2. The molecule has 0 N–H and O–H groups in total. The van der Waals surface area contributed by atoms with Crippen molar-refractivity contribution in [2.75, 3.05) is 0 Å². The second-order valence-corrected chi connectivity index (χ2v) is 4.19. The van der Waals surface area contributed by atoms with Gasteiger partial charge in [0, 0.05) is 17.9 Å². The highest BCUT2D eigenvalue weighted by Gasteiger charge is 2.33. The quantitative estimate of drug-likeness (QED) is 0.738. The smallest absolute Gasteiger partial charge is 0.222 e. The average molecular weight is 225 g/mol. The number of ether oxygens (including phenoxy) is 1. The molecule has 0 radical (unpaired) electrons. The van der Waals surface area contributed by atoms with E-state index in [0.29, 0.717) is 6.42 Å². The van der Waals surface area contributed by atoms with Gasteiger partial charge in [-0.05, 0) is 24.1 Å². The molecule has 15 heavy (non-hydrogen) atoms. The van der Waals surface area contributed by atoms with Crippen molar-refractivity contribution in [3.63, 3.8) is 0 Å². The summed E-state index contributed by atoms with van der Waals surface area (Å²) >= 11 is 5.45. The minimum absolute atomic E-state index is 0.0881. The van der Waals surface area contributed by atoms with Gasteiger partial charge in [-0.15, -0.1) is 0 Å². The molecule has 80 valence electrons. The van der Waals surface area contributed by atoms with Gasteiger partial charge < -0.3 is 4.74 Å². The summed E-state index contributed by atoms with van der Waals surface area (Å²) in [4.78, 5) is 11.0. The van der Waals surface area contributed by atoms with E-state index in [2.05, 4.69) is 6.92 Å². The molecule has 1 aromatic carbocycles. The maximum atomic E-state index is 11.0. The molecule has 0 aliphatic carbocycles. The fourth-order valence-corrected chi connectivity index (χ4v) is 2.29. The van der Waals surface area contributed by atoms with Crippen LogP contribution in [0.3, 0.4) is 0 Å². The summed E-state index contributed by atoms with van der Waals surface area (Å²) in [6, 6.07) is 7.86. The SMILES string of the molecule is CCC1Oc2ccccc2C1CC(=O)Cl. The van der Waals surface area contributed by atoms with Gasteiger partial charge >= 0.3 is 0 Å². The molecule has 0 saturated carbocycles. The molecule has 1 heterocycles. The first-order chi connectivity index (χ1) is 7.22. The molecule has 0 amide bonds. The number of carbonyl (C=O) groups is 1. The van der Waals surface area contributed by atoms with Gasteiger partial charge in [-0.2, -0.15) is 0 Å². The predicted octanol–water partition coefficient (Wildman–Crippen LogP) is 3.10. The van der Waals surface area contributed by atoms with Gasteiger partial charge in [-0.3, -0.25) is 4.79 Å². The number of hydrogen-bond donors (Lipinski definition) is 0. The van der Waals surface area contributed by atoms with Crippen LogP contribution in [0.5, 0.6) is 5.75 Å². The van der Waals surface area contributed by atoms with E-state index in [1.807, 2.05) is 24.3 Å². The largest absolute Gasteiger partial charge is 0.489 e. The third-order valence-electron chi connectivity index (χ3n) is 2.83. The van der Waals surface area contributed by atoms with Gasteiger partial charge in [0.05, 0.1) is 0 Å². The van der Waals surface area contributed by atoms with Crippen LogP contribution in [0.1, 0.15) is 31.2 Å². The lowest BCUT2D eigenvalue weighted by molar-refractivity contribution is -0.112. The summed E-state index contributed by atoms with van der Waals surface area (Å²) in [5.74, 6) is 1.02. The molecule has 1 aliphatic rings. The standard InChI is InChI=1S/C12H13ClO2/c1-2-10-9(7-12(13)14)8-5-3-4-6-11(8)15-10/h3-6,9-10H,2,7H2,1H3. The van der Waals surface area contributed by atoms with Crippen molar-refractivity contribution in [2.45, 2.75) is 31.8 Å². The molecule has 2 rings (SSSR count). The molecule has 3 heteroatoms. The summed E-state index contributed by atoms with van der Waals surface area (Å²) in [6.45, 7) is 2.06. The van der Waals surface area contributed by atoms with Crippen LogP contribution >= 0.6 is 11.6 Å². The topological polar surface area (TPSA) is 26.3 Å². The van der Waals surface area contributed by atoms with Crippen LogP contribution in [0, 0.1) is 0 Å². The molecule has 2 nitrogen and oxygen atoms in total. The first-order valence-electron chi connectivity index (χ1n) is 5.16. The number of hydrogen-bond acceptors (Lipinski definition) is 2. The van der Waals surface area contributed by atoms with Crippen LogP contribution in [0.25, 0.3) is 0 Å². The van der Waals surface area contributed by atoms with E-state index < -0.39 is 0 Å². The van der Waals surface area contributed by atoms with Gasteiger partial charge in [-0.1, -0.05) is 25.1 Å². The third-order valence-corrected chi connectivity index (χ3v) is 2.98. The Balaban J connectivity index is 2.29. The summed E-state index contributed by atoms with van der Waals surface area (Å²) in [5, 5.41) is -0.293. The van der Waals surface area contributed by atoms with Crippen molar-refractivity contribution in [1.82, 2.24) is 0 Å². The molecule has 0 saturated heterocycles. The van der Waals surface area contributed by atoms with Crippen molar-refractivity contribution in [3.05, 3.63) is 29.8 Å². The van der Waals surface area contributed by atoms with Crippen LogP contribution in [0.15, 0.2) is 24.3 Å². The van der Waals surface area contributed by atoms with Crippen LogP contribution < -0.4 is 4.74 Å². The molecule has 0 fully saturated rings. The minimum Gasteiger partial charge on any atom is -0.489 e. The van der Waals surface area contributed by atoms with Crippen LogP contribution in [-0.4, -0.2) is 11.3 Å². The first kappa shape index (κ1) is 10.5. The Morgan fingerprint density at radius 1 is 1.47 bits per heavy atom. The lowest BCUT2D eigenvalue weighted by Gasteiger charge is -2.15. The van der Waals surface area contributed by atoms with Gasteiger partial charge in [-0.25, -0.2) is 0 Å². The van der Waals surface area contributed by atoms with E-state index in [9.17, 15) is 4.79 Å². The predicted molar refractivity (Wildman–Crippen MR) is 59.4 cm³/mol. The summed E-state index contributed by atoms with van der Waals surface area (Å²) in [6.07, 6.45) is 1.34. The third kappa shape index (κ3) is 2.00. The van der Waals surface area contributed by atoms with Crippen molar-refractivity contribution in [1.29, 1.82) is 0 Å². The molecule has 0 spiro atoms. The Morgan fingerprint density at radius 3 is 2.87 bits per heavy atom. The van der Waals surface area contributed by atoms with Gasteiger partial charge in [0.15, 0.2) is 0 Å². The number of fused-ring (bicyclic) bond motifs is 1.